The zero-order valence-electron chi connectivity index (χ0n) is 12.3. The Morgan fingerprint density at radius 2 is 1.95 bits per heavy atom. The van der Waals surface area contributed by atoms with E-state index in [9.17, 15) is 8.42 Å². The van der Waals surface area contributed by atoms with Crippen molar-refractivity contribution in [3.8, 4) is 0 Å². The fourth-order valence-corrected chi connectivity index (χ4v) is 4.37. The maximum absolute atomic E-state index is 12.0. The topological polar surface area (TPSA) is 66.4 Å². The molecule has 0 aliphatic rings. The van der Waals surface area contributed by atoms with Crippen LogP contribution in [0.15, 0.2) is 16.3 Å². The predicted octanol–water partition coefficient (Wildman–Crippen LogP) is 3.13. The number of sulfonamides is 1. The van der Waals surface area contributed by atoms with Crippen molar-refractivity contribution in [2.24, 2.45) is 5.92 Å². The van der Waals surface area contributed by atoms with E-state index in [-0.39, 0.29) is 11.5 Å². The highest BCUT2D eigenvalue weighted by atomic mass is 32.2. The Kier molecular flexibility index (Phi) is 7.72. The monoisotopic (exact) mass is 319 g/mol. The standard InChI is InChI=1S/C14H25NO3S2/c1-12(2)7-5-3-4-6-9-15-20(17,18)14-8-10-19-13(14)11-16/h8,10,12,15-16H,3-7,9,11H2,1-2H3. The molecule has 1 rings (SSSR count). The van der Waals surface area contributed by atoms with Crippen molar-refractivity contribution in [3.63, 3.8) is 0 Å². The molecule has 1 aromatic heterocycles. The zero-order valence-corrected chi connectivity index (χ0v) is 13.9. The van der Waals surface area contributed by atoms with Gasteiger partial charge >= 0.3 is 0 Å². The predicted molar refractivity (Wildman–Crippen MR) is 83.4 cm³/mol. The van der Waals surface area contributed by atoms with Crippen LogP contribution in [0, 0.1) is 5.92 Å². The third-order valence-corrected chi connectivity index (χ3v) is 5.72. The minimum atomic E-state index is -3.47. The average molecular weight is 319 g/mol. The minimum Gasteiger partial charge on any atom is -0.391 e. The number of rotatable bonds is 10. The summed E-state index contributed by atoms with van der Waals surface area (Å²) in [5.41, 5.74) is 0. The van der Waals surface area contributed by atoms with E-state index in [1.807, 2.05) is 0 Å². The molecular formula is C14H25NO3S2. The van der Waals surface area contributed by atoms with E-state index in [2.05, 4.69) is 18.6 Å². The molecular weight excluding hydrogens is 294 g/mol. The summed E-state index contributed by atoms with van der Waals surface area (Å²) in [6.45, 7) is 4.66. The number of hydrogen-bond acceptors (Lipinski definition) is 4. The van der Waals surface area contributed by atoms with Gasteiger partial charge in [0, 0.05) is 11.4 Å². The van der Waals surface area contributed by atoms with Gasteiger partial charge in [0.1, 0.15) is 0 Å². The van der Waals surface area contributed by atoms with Gasteiger partial charge in [0.2, 0.25) is 10.0 Å². The average Bonchev–Trinajstić information content (AvgIpc) is 2.86. The van der Waals surface area contributed by atoms with Crippen LogP contribution in [0.3, 0.4) is 0 Å². The van der Waals surface area contributed by atoms with Gasteiger partial charge in [0.25, 0.3) is 0 Å². The Balaban J connectivity index is 2.27. The molecule has 0 aliphatic carbocycles. The van der Waals surface area contributed by atoms with Crippen molar-refractivity contribution >= 4 is 21.4 Å². The minimum absolute atomic E-state index is 0.213. The molecule has 4 nitrogen and oxygen atoms in total. The van der Waals surface area contributed by atoms with Crippen LogP contribution in [0.25, 0.3) is 0 Å². The molecule has 1 heterocycles. The van der Waals surface area contributed by atoms with Crippen molar-refractivity contribution in [2.45, 2.75) is 57.5 Å². The van der Waals surface area contributed by atoms with Crippen LogP contribution in [-0.4, -0.2) is 20.1 Å². The molecule has 0 aromatic carbocycles. The van der Waals surface area contributed by atoms with E-state index in [1.54, 1.807) is 11.4 Å². The Morgan fingerprint density at radius 3 is 2.60 bits per heavy atom. The lowest BCUT2D eigenvalue weighted by atomic mass is 10.0. The lowest BCUT2D eigenvalue weighted by molar-refractivity contribution is 0.282. The van der Waals surface area contributed by atoms with Gasteiger partial charge in [0.05, 0.1) is 11.5 Å². The molecule has 0 aliphatic heterocycles. The van der Waals surface area contributed by atoms with E-state index < -0.39 is 10.0 Å². The van der Waals surface area contributed by atoms with Crippen LogP contribution < -0.4 is 4.72 Å². The van der Waals surface area contributed by atoms with Crippen molar-refractivity contribution < 1.29 is 13.5 Å². The second-order valence-corrected chi connectivity index (χ2v) is 8.10. The van der Waals surface area contributed by atoms with Crippen molar-refractivity contribution in [1.82, 2.24) is 4.72 Å². The van der Waals surface area contributed by atoms with E-state index in [0.717, 1.165) is 25.2 Å². The van der Waals surface area contributed by atoms with Gasteiger partial charge in [-0.3, -0.25) is 0 Å². The first-order chi connectivity index (χ1) is 9.47. The smallest absolute Gasteiger partial charge is 0.241 e. The quantitative estimate of drug-likeness (QED) is 0.651. The fraction of sp³-hybridized carbons (Fsp3) is 0.714. The van der Waals surface area contributed by atoms with Gasteiger partial charge in [-0.15, -0.1) is 11.3 Å². The molecule has 0 radical (unpaired) electrons. The summed E-state index contributed by atoms with van der Waals surface area (Å²) in [4.78, 5) is 0.708. The first-order valence-electron chi connectivity index (χ1n) is 7.14. The van der Waals surface area contributed by atoms with Crippen LogP contribution in [0.4, 0.5) is 0 Å². The molecule has 116 valence electrons. The van der Waals surface area contributed by atoms with E-state index in [1.165, 1.54) is 24.2 Å². The molecule has 0 spiro atoms. The van der Waals surface area contributed by atoms with Crippen molar-refractivity contribution in [1.29, 1.82) is 0 Å². The maximum Gasteiger partial charge on any atom is 0.241 e. The highest BCUT2D eigenvalue weighted by Crippen LogP contribution is 2.21. The van der Waals surface area contributed by atoms with E-state index in [4.69, 9.17) is 5.11 Å². The second-order valence-electron chi connectivity index (χ2n) is 5.36. The lowest BCUT2D eigenvalue weighted by Crippen LogP contribution is -2.25. The zero-order chi connectivity index (χ0) is 15.0. The molecule has 0 bridgehead atoms. The Labute approximate surface area is 126 Å². The molecule has 0 saturated carbocycles. The summed E-state index contributed by atoms with van der Waals surface area (Å²) < 4.78 is 26.7. The van der Waals surface area contributed by atoms with Crippen LogP contribution >= 0.6 is 11.3 Å². The second kappa shape index (κ2) is 8.77. The summed E-state index contributed by atoms with van der Waals surface area (Å²) in [7, 11) is -3.47. The van der Waals surface area contributed by atoms with Gasteiger partial charge < -0.3 is 5.11 Å². The summed E-state index contributed by atoms with van der Waals surface area (Å²) in [5.74, 6) is 0.740. The van der Waals surface area contributed by atoms with E-state index >= 15 is 0 Å². The molecule has 0 amide bonds. The molecule has 20 heavy (non-hydrogen) atoms. The first kappa shape index (κ1) is 17.6. The van der Waals surface area contributed by atoms with Crippen LogP contribution in [0.5, 0.6) is 0 Å². The van der Waals surface area contributed by atoms with Gasteiger partial charge in [-0.25, -0.2) is 13.1 Å². The molecule has 0 fully saturated rings. The molecule has 6 heteroatoms. The molecule has 0 atom stereocenters. The number of thiophene rings is 1. The normalized spacial score (nSPS) is 12.2. The van der Waals surface area contributed by atoms with Gasteiger partial charge in [-0.1, -0.05) is 39.5 Å². The van der Waals surface area contributed by atoms with Gasteiger partial charge in [0.15, 0.2) is 0 Å². The summed E-state index contributed by atoms with van der Waals surface area (Å²) in [6.07, 6.45) is 5.51. The van der Waals surface area contributed by atoms with Gasteiger partial charge in [-0.05, 0) is 23.8 Å². The molecule has 2 N–H and O–H groups in total. The number of unbranched alkanes of at least 4 members (excludes halogenated alkanes) is 3. The lowest BCUT2D eigenvalue weighted by Gasteiger charge is -2.07. The Morgan fingerprint density at radius 1 is 1.25 bits per heavy atom. The van der Waals surface area contributed by atoms with Crippen LogP contribution in [0.2, 0.25) is 0 Å². The van der Waals surface area contributed by atoms with Crippen LogP contribution in [0.1, 0.15) is 50.8 Å². The molecule has 0 unspecified atom stereocenters. The van der Waals surface area contributed by atoms with E-state index in [0.29, 0.717) is 11.4 Å². The van der Waals surface area contributed by atoms with Crippen molar-refractivity contribution in [2.75, 3.05) is 6.54 Å². The molecule has 0 saturated heterocycles. The largest absolute Gasteiger partial charge is 0.391 e. The first-order valence-corrected chi connectivity index (χ1v) is 9.50. The van der Waals surface area contributed by atoms with Gasteiger partial charge in [-0.2, -0.15) is 0 Å². The number of aliphatic hydroxyl groups is 1. The highest BCUT2D eigenvalue weighted by molar-refractivity contribution is 7.89. The molecule has 1 aromatic rings. The third kappa shape index (κ3) is 5.91. The number of nitrogens with one attached hydrogen (secondary N) is 1. The third-order valence-electron chi connectivity index (χ3n) is 3.14. The van der Waals surface area contributed by atoms with Crippen molar-refractivity contribution in [3.05, 3.63) is 16.3 Å². The maximum atomic E-state index is 12.0. The number of hydrogen-bond donors (Lipinski definition) is 2. The summed E-state index contributed by atoms with van der Waals surface area (Å²) in [5, 5.41) is 10.8. The number of aliphatic hydroxyl groups excluding tert-OH is 1. The summed E-state index contributed by atoms with van der Waals surface area (Å²) in [6, 6.07) is 1.54. The van der Waals surface area contributed by atoms with Crippen LogP contribution in [-0.2, 0) is 16.6 Å². The Bertz CT molecular complexity index is 480. The highest BCUT2D eigenvalue weighted by Gasteiger charge is 2.18. The SMILES string of the molecule is CC(C)CCCCCCNS(=O)(=O)c1ccsc1CO. The summed E-state index contributed by atoms with van der Waals surface area (Å²) >= 11 is 1.26. The Hall–Kier alpha value is -0.430. The fourth-order valence-electron chi connectivity index (χ4n) is 2.00.